The quantitative estimate of drug-likeness (QED) is 0.477. The molecule has 3 aromatic rings. The molecule has 0 radical (unpaired) electrons. The maximum Gasteiger partial charge on any atom is 0.208 e. The summed E-state index contributed by atoms with van der Waals surface area (Å²) in [6.45, 7) is 4.43. The molecule has 1 heterocycles. The number of nitrogens with zero attached hydrogens (tertiary/aromatic N) is 2. The van der Waals surface area contributed by atoms with Crippen LogP contribution in [0.3, 0.4) is 0 Å². The van der Waals surface area contributed by atoms with Crippen molar-refractivity contribution in [2.24, 2.45) is 0 Å². The van der Waals surface area contributed by atoms with Crippen molar-refractivity contribution in [1.82, 2.24) is 15.2 Å². The van der Waals surface area contributed by atoms with E-state index in [1.54, 1.807) is 0 Å². The van der Waals surface area contributed by atoms with Gasteiger partial charge in [0.05, 0.1) is 5.75 Å². The number of hydrogen-bond acceptors (Lipinski definition) is 5. The predicted molar refractivity (Wildman–Crippen MR) is 103 cm³/mol. The van der Waals surface area contributed by atoms with Gasteiger partial charge in [-0.15, -0.1) is 5.10 Å². The second-order valence-electron chi connectivity index (χ2n) is 5.93. The van der Waals surface area contributed by atoms with Crippen LogP contribution >= 0.6 is 11.8 Å². The normalized spacial score (nSPS) is 10.7. The van der Waals surface area contributed by atoms with Crippen LogP contribution in [-0.2, 0) is 13.0 Å². The van der Waals surface area contributed by atoms with Gasteiger partial charge >= 0.3 is 0 Å². The predicted octanol–water partition coefficient (Wildman–Crippen LogP) is 4.23. The number of aromatic amines is 1. The smallest absolute Gasteiger partial charge is 0.208 e. The number of aromatic nitrogens is 3. The number of carbonyl (C=O) groups is 1. The molecule has 26 heavy (non-hydrogen) atoms. The molecule has 0 aliphatic rings. The third-order valence-electron chi connectivity index (χ3n) is 3.92. The second-order valence-corrected chi connectivity index (χ2v) is 6.87. The van der Waals surface area contributed by atoms with E-state index in [1.165, 1.54) is 22.9 Å². The van der Waals surface area contributed by atoms with Gasteiger partial charge in [0.15, 0.2) is 11.6 Å². The Labute approximate surface area is 157 Å². The number of hydrogen-bond donors (Lipinski definition) is 1. The fourth-order valence-electron chi connectivity index (χ4n) is 2.33. The monoisotopic (exact) mass is 367 g/mol. The van der Waals surface area contributed by atoms with Crippen LogP contribution in [0.15, 0.2) is 53.7 Å². The van der Waals surface area contributed by atoms with Crippen LogP contribution in [0.4, 0.5) is 0 Å². The number of thioether (sulfide) groups is 1. The first-order valence-electron chi connectivity index (χ1n) is 8.49. The molecular weight excluding hydrogens is 346 g/mol. The number of nitrogens with one attached hydrogen (secondary N) is 1. The third kappa shape index (κ3) is 4.95. The molecule has 0 bridgehead atoms. The van der Waals surface area contributed by atoms with Crippen LogP contribution in [0.5, 0.6) is 5.75 Å². The minimum atomic E-state index is 0.0694. The Hall–Kier alpha value is -2.60. The first-order valence-corrected chi connectivity index (χ1v) is 9.48. The molecule has 0 aliphatic carbocycles. The zero-order valence-corrected chi connectivity index (χ0v) is 15.7. The Balaban J connectivity index is 1.49. The summed E-state index contributed by atoms with van der Waals surface area (Å²) in [6.07, 6.45) is 0.966. The van der Waals surface area contributed by atoms with Gasteiger partial charge in [0, 0.05) is 5.56 Å². The minimum Gasteiger partial charge on any atom is -0.486 e. The molecule has 5 nitrogen and oxygen atoms in total. The lowest BCUT2D eigenvalue weighted by Crippen LogP contribution is -2.02. The van der Waals surface area contributed by atoms with E-state index in [9.17, 15) is 4.79 Å². The maximum absolute atomic E-state index is 12.3. The summed E-state index contributed by atoms with van der Waals surface area (Å²) < 4.78 is 5.67. The lowest BCUT2D eigenvalue weighted by Gasteiger charge is -2.03. The molecule has 0 atom stereocenters. The van der Waals surface area contributed by atoms with E-state index in [0.717, 1.165) is 12.2 Å². The van der Waals surface area contributed by atoms with E-state index >= 15 is 0 Å². The molecule has 0 aliphatic heterocycles. The van der Waals surface area contributed by atoms with Crippen molar-refractivity contribution in [3.63, 3.8) is 0 Å². The molecule has 3 rings (SSSR count). The molecule has 2 aromatic carbocycles. The van der Waals surface area contributed by atoms with Gasteiger partial charge in [-0.25, -0.2) is 4.98 Å². The summed E-state index contributed by atoms with van der Waals surface area (Å²) in [5, 5.41) is 7.53. The lowest BCUT2D eigenvalue weighted by molar-refractivity contribution is 0.102. The van der Waals surface area contributed by atoms with E-state index in [1.807, 2.05) is 55.5 Å². The summed E-state index contributed by atoms with van der Waals surface area (Å²) in [5.74, 6) is 1.79. The second kappa shape index (κ2) is 8.67. The lowest BCUT2D eigenvalue weighted by atomic mass is 10.1. The van der Waals surface area contributed by atoms with Crippen LogP contribution in [0.25, 0.3) is 0 Å². The first-order chi connectivity index (χ1) is 12.6. The van der Waals surface area contributed by atoms with Gasteiger partial charge in [0.2, 0.25) is 5.16 Å². The van der Waals surface area contributed by atoms with Gasteiger partial charge in [-0.2, -0.15) is 0 Å². The highest BCUT2D eigenvalue weighted by Crippen LogP contribution is 2.17. The van der Waals surface area contributed by atoms with Gasteiger partial charge in [-0.05, 0) is 31.0 Å². The van der Waals surface area contributed by atoms with Gasteiger partial charge in [-0.1, -0.05) is 60.6 Å². The zero-order chi connectivity index (χ0) is 18.4. The summed E-state index contributed by atoms with van der Waals surface area (Å²) in [4.78, 5) is 16.6. The number of carbonyl (C=O) groups excluding carboxylic acids is 1. The van der Waals surface area contributed by atoms with E-state index in [-0.39, 0.29) is 5.78 Å². The molecular formula is C20H21N3O2S. The van der Waals surface area contributed by atoms with Crippen LogP contribution < -0.4 is 4.74 Å². The SMILES string of the molecule is CCc1ccc(C(=O)CSc2n[nH]c(COc3ccc(C)cc3)n2)cc1. The van der Waals surface area contributed by atoms with Crippen LogP contribution in [0, 0.1) is 6.92 Å². The number of ketones is 1. The number of H-pyrrole nitrogens is 1. The summed E-state index contributed by atoms with van der Waals surface area (Å²) in [6, 6.07) is 15.6. The average molecular weight is 367 g/mol. The summed E-state index contributed by atoms with van der Waals surface area (Å²) in [7, 11) is 0. The zero-order valence-electron chi connectivity index (χ0n) is 14.9. The highest BCUT2D eigenvalue weighted by molar-refractivity contribution is 7.99. The standard InChI is InChI=1S/C20H21N3O2S/c1-3-15-6-8-16(9-7-15)18(24)13-26-20-21-19(22-23-20)12-25-17-10-4-14(2)5-11-17/h4-11H,3,12-13H2,1-2H3,(H,21,22,23). The van der Waals surface area contributed by atoms with Crippen molar-refractivity contribution in [3.05, 3.63) is 71.0 Å². The molecule has 1 aromatic heterocycles. The van der Waals surface area contributed by atoms with Crippen molar-refractivity contribution < 1.29 is 9.53 Å². The van der Waals surface area contributed by atoms with E-state index in [0.29, 0.717) is 28.9 Å². The number of rotatable bonds is 8. The Morgan fingerprint density at radius 1 is 1.12 bits per heavy atom. The number of ether oxygens (including phenoxy) is 1. The van der Waals surface area contributed by atoms with E-state index in [2.05, 4.69) is 22.1 Å². The van der Waals surface area contributed by atoms with E-state index in [4.69, 9.17) is 4.74 Å². The highest BCUT2D eigenvalue weighted by Gasteiger charge is 2.10. The van der Waals surface area contributed by atoms with Crippen LogP contribution in [-0.4, -0.2) is 26.7 Å². The molecule has 134 valence electrons. The minimum absolute atomic E-state index is 0.0694. The van der Waals surface area contributed by atoms with Gasteiger partial charge in [-0.3, -0.25) is 9.89 Å². The van der Waals surface area contributed by atoms with Crippen molar-refractivity contribution in [2.45, 2.75) is 32.0 Å². The Bertz CT molecular complexity index is 858. The molecule has 6 heteroatoms. The van der Waals surface area contributed by atoms with Gasteiger partial charge in [0.25, 0.3) is 0 Å². The average Bonchev–Trinajstić information content (AvgIpc) is 3.13. The topological polar surface area (TPSA) is 67.9 Å². The molecule has 0 spiro atoms. The van der Waals surface area contributed by atoms with Crippen molar-refractivity contribution >= 4 is 17.5 Å². The maximum atomic E-state index is 12.3. The van der Waals surface area contributed by atoms with Crippen LogP contribution in [0.2, 0.25) is 0 Å². The fraction of sp³-hybridized carbons (Fsp3) is 0.250. The molecule has 0 amide bonds. The first kappa shape index (κ1) is 18.2. The van der Waals surface area contributed by atoms with Gasteiger partial charge in [0.1, 0.15) is 12.4 Å². The highest BCUT2D eigenvalue weighted by atomic mass is 32.2. The molecule has 0 saturated heterocycles. The fourth-order valence-corrected chi connectivity index (χ4v) is 3.04. The van der Waals surface area contributed by atoms with E-state index < -0.39 is 0 Å². The third-order valence-corrected chi connectivity index (χ3v) is 4.77. The Morgan fingerprint density at radius 3 is 2.54 bits per heavy atom. The number of Topliss-reactive ketones (excluding diaryl/α,β-unsaturated/α-hetero) is 1. The molecule has 0 saturated carbocycles. The Kier molecular flexibility index (Phi) is 6.07. The molecule has 1 N–H and O–H groups in total. The van der Waals surface area contributed by atoms with Crippen molar-refractivity contribution in [2.75, 3.05) is 5.75 Å². The summed E-state index contributed by atoms with van der Waals surface area (Å²) >= 11 is 1.32. The summed E-state index contributed by atoms with van der Waals surface area (Å²) in [5.41, 5.74) is 3.12. The van der Waals surface area contributed by atoms with Crippen molar-refractivity contribution in [3.8, 4) is 5.75 Å². The molecule has 0 fully saturated rings. The van der Waals surface area contributed by atoms with Gasteiger partial charge < -0.3 is 4.74 Å². The Morgan fingerprint density at radius 2 is 1.85 bits per heavy atom. The molecule has 0 unspecified atom stereocenters. The number of aryl methyl sites for hydroxylation is 2. The number of benzene rings is 2. The van der Waals surface area contributed by atoms with Crippen molar-refractivity contribution in [1.29, 1.82) is 0 Å². The van der Waals surface area contributed by atoms with Crippen LogP contribution in [0.1, 0.15) is 34.2 Å². The largest absolute Gasteiger partial charge is 0.486 e.